The minimum Gasteiger partial charge on any atom is -0.462 e. The summed E-state index contributed by atoms with van der Waals surface area (Å²) < 4.78 is 33.1. The van der Waals surface area contributed by atoms with Gasteiger partial charge in [0.25, 0.3) is 9.05 Å². The molecule has 0 unspecified atom stereocenters. The zero-order chi connectivity index (χ0) is 13.1. The van der Waals surface area contributed by atoms with Crippen LogP contribution in [-0.2, 0) is 25.3 Å². The molecule has 1 heterocycles. The molecule has 9 heteroatoms. The minimum atomic E-state index is -4.11. The first-order valence-electron chi connectivity index (χ1n) is 4.58. The lowest BCUT2D eigenvalue weighted by molar-refractivity contribution is 0.0519. The lowest BCUT2D eigenvalue weighted by Crippen LogP contribution is -2.13. The third-order valence-corrected chi connectivity index (χ3v) is 3.10. The minimum absolute atomic E-state index is 0.121. The quantitative estimate of drug-likeness (QED) is 0.580. The van der Waals surface area contributed by atoms with Crippen LogP contribution in [0.2, 0.25) is 0 Å². The van der Waals surface area contributed by atoms with E-state index in [-0.39, 0.29) is 18.9 Å². The fourth-order valence-electron chi connectivity index (χ4n) is 1.19. The SMILES string of the molecule is CCOC(=O)c1cnn(COC)c1S(=O)(=O)Cl. The van der Waals surface area contributed by atoms with Gasteiger partial charge >= 0.3 is 5.97 Å². The molecule has 7 nitrogen and oxygen atoms in total. The van der Waals surface area contributed by atoms with Crippen LogP contribution in [0, 0.1) is 0 Å². The third kappa shape index (κ3) is 3.18. The highest BCUT2D eigenvalue weighted by Gasteiger charge is 2.27. The van der Waals surface area contributed by atoms with Crippen molar-refractivity contribution >= 4 is 25.7 Å². The van der Waals surface area contributed by atoms with Crippen LogP contribution < -0.4 is 0 Å². The van der Waals surface area contributed by atoms with Crippen LogP contribution in [0.1, 0.15) is 17.3 Å². The van der Waals surface area contributed by atoms with E-state index in [9.17, 15) is 13.2 Å². The summed E-state index contributed by atoms with van der Waals surface area (Å²) >= 11 is 0. The molecule has 0 amide bonds. The first-order chi connectivity index (χ1) is 7.91. The van der Waals surface area contributed by atoms with E-state index in [0.717, 1.165) is 10.9 Å². The number of hydrogen-bond donors (Lipinski definition) is 0. The number of carbonyl (C=O) groups is 1. The fourth-order valence-corrected chi connectivity index (χ4v) is 2.43. The summed E-state index contributed by atoms with van der Waals surface area (Å²) in [6, 6.07) is 0. The van der Waals surface area contributed by atoms with E-state index in [0.29, 0.717) is 0 Å². The van der Waals surface area contributed by atoms with Gasteiger partial charge in [-0.05, 0) is 6.92 Å². The van der Waals surface area contributed by atoms with Gasteiger partial charge in [-0.25, -0.2) is 17.9 Å². The topological polar surface area (TPSA) is 87.5 Å². The maximum Gasteiger partial charge on any atom is 0.342 e. The summed E-state index contributed by atoms with van der Waals surface area (Å²) in [6.45, 7) is 1.59. The van der Waals surface area contributed by atoms with E-state index in [1.807, 2.05) is 0 Å². The Morgan fingerprint density at radius 3 is 2.71 bits per heavy atom. The van der Waals surface area contributed by atoms with Crippen molar-refractivity contribution < 1.29 is 22.7 Å². The molecule has 0 aromatic carbocycles. The molecule has 0 fully saturated rings. The molecule has 0 spiro atoms. The zero-order valence-corrected chi connectivity index (χ0v) is 10.8. The molecule has 17 heavy (non-hydrogen) atoms. The van der Waals surface area contributed by atoms with Crippen molar-refractivity contribution in [3.8, 4) is 0 Å². The summed E-state index contributed by atoms with van der Waals surface area (Å²) in [7, 11) is 2.48. The van der Waals surface area contributed by atoms with E-state index in [2.05, 4.69) is 5.10 Å². The number of aromatic nitrogens is 2. The van der Waals surface area contributed by atoms with E-state index in [1.165, 1.54) is 7.11 Å². The molecular weight excluding hydrogens is 272 g/mol. The van der Waals surface area contributed by atoms with Gasteiger partial charge in [-0.3, -0.25) is 0 Å². The second-order valence-electron chi connectivity index (χ2n) is 2.94. The summed E-state index contributed by atoms with van der Waals surface area (Å²) in [4.78, 5) is 11.5. The van der Waals surface area contributed by atoms with E-state index < -0.39 is 20.0 Å². The molecule has 1 aromatic heterocycles. The molecule has 0 aliphatic rings. The number of carbonyl (C=O) groups excluding carboxylic acids is 1. The number of rotatable bonds is 5. The van der Waals surface area contributed by atoms with Gasteiger partial charge in [0.1, 0.15) is 12.3 Å². The molecule has 0 atom stereocenters. The van der Waals surface area contributed by atoms with E-state index >= 15 is 0 Å². The summed E-state index contributed by atoms with van der Waals surface area (Å²) in [5, 5.41) is 3.27. The lowest BCUT2D eigenvalue weighted by atomic mass is 10.4. The van der Waals surface area contributed by atoms with Crippen LogP contribution in [0.3, 0.4) is 0 Å². The van der Waals surface area contributed by atoms with Gasteiger partial charge in [0.05, 0.1) is 12.8 Å². The number of methoxy groups -OCH3 is 1. The zero-order valence-electron chi connectivity index (χ0n) is 9.21. The maximum absolute atomic E-state index is 11.5. The van der Waals surface area contributed by atoms with Crippen molar-refractivity contribution in [1.82, 2.24) is 9.78 Å². The van der Waals surface area contributed by atoms with Gasteiger partial charge < -0.3 is 9.47 Å². The predicted molar refractivity (Wildman–Crippen MR) is 58.2 cm³/mol. The van der Waals surface area contributed by atoms with Crippen LogP contribution in [0.4, 0.5) is 0 Å². The Hall–Kier alpha value is -1.12. The van der Waals surface area contributed by atoms with Crippen molar-refractivity contribution in [3.05, 3.63) is 11.8 Å². The molecule has 0 radical (unpaired) electrons. The van der Waals surface area contributed by atoms with E-state index in [4.69, 9.17) is 20.2 Å². The summed E-state index contributed by atoms with van der Waals surface area (Å²) in [5.74, 6) is -0.797. The van der Waals surface area contributed by atoms with Crippen molar-refractivity contribution in [2.24, 2.45) is 0 Å². The average molecular weight is 283 g/mol. The number of hydrogen-bond acceptors (Lipinski definition) is 6. The van der Waals surface area contributed by atoms with Crippen LogP contribution in [0.15, 0.2) is 11.2 Å². The van der Waals surface area contributed by atoms with E-state index in [1.54, 1.807) is 6.92 Å². The average Bonchev–Trinajstić information content (AvgIpc) is 2.62. The van der Waals surface area contributed by atoms with Gasteiger partial charge in [-0.15, -0.1) is 0 Å². The Morgan fingerprint density at radius 1 is 1.59 bits per heavy atom. The normalized spacial score (nSPS) is 11.5. The highest BCUT2D eigenvalue weighted by Crippen LogP contribution is 2.20. The Bertz CT molecular complexity index is 510. The molecular formula is C8H11ClN2O5S. The molecule has 1 aromatic rings. The lowest BCUT2D eigenvalue weighted by Gasteiger charge is -2.05. The smallest absolute Gasteiger partial charge is 0.342 e. The highest BCUT2D eigenvalue weighted by atomic mass is 35.7. The number of halogens is 1. The molecule has 0 saturated heterocycles. The van der Waals surface area contributed by atoms with Crippen LogP contribution in [-0.4, -0.2) is 37.9 Å². The van der Waals surface area contributed by atoms with Crippen LogP contribution >= 0.6 is 10.7 Å². The molecule has 0 N–H and O–H groups in total. The fraction of sp³-hybridized carbons (Fsp3) is 0.500. The Morgan fingerprint density at radius 2 is 2.24 bits per heavy atom. The molecule has 0 saturated carbocycles. The van der Waals surface area contributed by atoms with Crippen molar-refractivity contribution in [3.63, 3.8) is 0 Å². The molecule has 0 bridgehead atoms. The largest absolute Gasteiger partial charge is 0.462 e. The van der Waals surface area contributed by atoms with Gasteiger partial charge in [0.2, 0.25) is 0 Å². The van der Waals surface area contributed by atoms with Gasteiger partial charge in [-0.1, -0.05) is 0 Å². The standard InChI is InChI=1S/C8H11ClN2O5S/c1-3-16-8(12)6-4-10-11(5-15-2)7(6)17(9,13)14/h4H,3,5H2,1-2H3. The van der Waals surface area contributed by atoms with Gasteiger partial charge in [0.15, 0.2) is 5.03 Å². The number of esters is 1. The third-order valence-electron chi connectivity index (χ3n) is 1.77. The predicted octanol–water partition coefficient (Wildman–Crippen LogP) is 0.591. The second-order valence-corrected chi connectivity index (χ2v) is 5.42. The molecule has 0 aliphatic heterocycles. The maximum atomic E-state index is 11.5. The number of nitrogens with zero attached hydrogens (tertiary/aromatic N) is 2. The molecule has 1 rings (SSSR count). The molecule has 96 valence electrons. The van der Waals surface area contributed by atoms with Gasteiger partial charge in [0, 0.05) is 17.8 Å². The van der Waals surface area contributed by atoms with Crippen molar-refractivity contribution in [1.29, 1.82) is 0 Å². The van der Waals surface area contributed by atoms with Crippen molar-refractivity contribution in [2.45, 2.75) is 18.7 Å². The summed E-state index contributed by atoms with van der Waals surface area (Å²) in [6.07, 6.45) is 1.08. The Kier molecular flexibility index (Phi) is 4.49. The highest BCUT2D eigenvalue weighted by molar-refractivity contribution is 8.13. The number of ether oxygens (including phenoxy) is 2. The van der Waals surface area contributed by atoms with Crippen LogP contribution in [0.25, 0.3) is 0 Å². The monoisotopic (exact) mass is 282 g/mol. The molecule has 0 aliphatic carbocycles. The first-order valence-corrected chi connectivity index (χ1v) is 6.89. The Balaban J connectivity index is 3.28. The van der Waals surface area contributed by atoms with Crippen LogP contribution in [0.5, 0.6) is 0 Å². The second kappa shape index (κ2) is 5.48. The Labute approximate surface area is 103 Å². The van der Waals surface area contributed by atoms with Gasteiger partial charge in [-0.2, -0.15) is 5.10 Å². The summed E-state index contributed by atoms with van der Waals surface area (Å²) in [5.41, 5.74) is -0.209. The van der Waals surface area contributed by atoms with Crippen molar-refractivity contribution in [2.75, 3.05) is 13.7 Å². The first kappa shape index (κ1) is 13.9.